The van der Waals surface area contributed by atoms with Gasteiger partial charge in [0.2, 0.25) is 17.6 Å². The van der Waals surface area contributed by atoms with E-state index in [0.717, 1.165) is 32.1 Å². The normalized spacial score (nSPS) is 23.5. The summed E-state index contributed by atoms with van der Waals surface area (Å²) in [4.78, 5) is 69.8. The maximum absolute atomic E-state index is 14.6. The van der Waals surface area contributed by atoms with Crippen LogP contribution >= 0.6 is 0 Å². The first-order valence-electron chi connectivity index (χ1n) is 18.3. The van der Waals surface area contributed by atoms with Crippen LogP contribution in [0.4, 0.5) is 4.79 Å². The number of nitrogens with one attached hydrogen (secondary N) is 4. The Balaban J connectivity index is 1.89. The molecule has 0 spiro atoms. The van der Waals surface area contributed by atoms with Crippen molar-refractivity contribution in [2.45, 2.75) is 149 Å². The molecule has 0 aromatic heterocycles. The van der Waals surface area contributed by atoms with E-state index >= 15 is 0 Å². The number of likely N-dealkylation sites (tertiary alicyclic amines) is 1. The molecule has 2 aliphatic carbocycles. The van der Waals surface area contributed by atoms with Crippen molar-refractivity contribution in [3.8, 4) is 0 Å². The zero-order valence-corrected chi connectivity index (χ0v) is 32.7. The molecular weight excluding hydrogens is 659 g/mol. The van der Waals surface area contributed by atoms with E-state index in [-0.39, 0.29) is 36.1 Å². The summed E-state index contributed by atoms with van der Waals surface area (Å²) >= 11 is 0. The van der Waals surface area contributed by atoms with Crippen LogP contribution < -0.4 is 21.3 Å². The second-order valence-corrected chi connectivity index (χ2v) is 20.6. The van der Waals surface area contributed by atoms with Gasteiger partial charge in [-0.2, -0.15) is 0 Å². The van der Waals surface area contributed by atoms with Gasteiger partial charge in [-0.25, -0.2) is 13.2 Å². The SMILES string of the molecule is C=CCNC(=O)C(=O)[C@H](CC1CC1)NC(=O)[C@@H]1CC(C)(C)C(C)CN1C(=O)[C@@H](NC(=O)NC1(CS(=O)(=O)C(C)(C)C)CCCCC1)C(C)(C)C. The molecule has 12 nitrogen and oxygen atoms in total. The molecule has 0 bridgehead atoms. The van der Waals surface area contributed by atoms with E-state index in [1.807, 2.05) is 41.5 Å². The highest BCUT2D eigenvalue weighted by Crippen LogP contribution is 2.40. The van der Waals surface area contributed by atoms with Crippen molar-refractivity contribution in [2.75, 3.05) is 18.8 Å². The number of rotatable bonds is 13. The van der Waals surface area contributed by atoms with E-state index in [4.69, 9.17) is 0 Å². The number of urea groups is 1. The molecule has 1 heterocycles. The first-order valence-corrected chi connectivity index (χ1v) is 19.9. The Bertz CT molecular complexity index is 1400. The predicted octanol–water partition coefficient (Wildman–Crippen LogP) is 4.04. The van der Waals surface area contributed by atoms with Crippen LogP contribution in [0.5, 0.6) is 0 Å². The van der Waals surface area contributed by atoms with Gasteiger partial charge in [0.05, 0.1) is 22.1 Å². The third kappa shape index (κ3) is 10.5. The van der Waals surface area contributed by atoms with Crippen LogP contribution in [0.3, 0.4) is 0 Å². The molecule has 13 heteroatoms. The molecule has 4 atom stereocenters. The van der Waals surface area contributed by atoms with E-state index < -0.39 is 73.2 Å². The molecule has 0 aromatic rings. The summed E-state index contributed by atoms with van der Waals surface area (Å²) in [7, 11) is -3.57. The minimum Gasteiger partial charge on any atom is -0.346 e. The van der Waals surface area contributed by atoms with Gasteiger partial charge in [0.1, 0.15) is 12.1 Å². The summed E-state index contributed by atoms with van der Waals surface area (Å²) < 4.78 is 25.7. The molecule has 0 aromatic carbocycles. The third-order valence-electron chi connectivity index (χ3n) is 11.0. The Morgan fingerprint density at radius 2 is 1.56 bits per heavy atom. The monoisotopic (exact) mass is 721 g/mol. The lowest BCUT2D eigenvalue weighted by atomic mass is 9.71. The first-order chi connectivity index (χ1) is 22.9. The zero-order chi connectivity index (χ0) is 37.9. The van der Waals surface area contributed by atoms with Gasteiger partial charge < -0.3 is 26.2 Å². The summed E-state index contributed by atoms with van der Waals surface area (Å²) in [5, 5.41) is 11.2. The fourth-order valence-corrected chi connectivity index (χ4v) is 8.41. The van der Waals surface area contributed by atoms with E-state index in [1.165, 1.54) is 11.0 Å². The van der Waals surface area contributed by atoms with E-state index in [0.29, 0.717) is 25.7 Å². The number of amides is 5. The fourth-order valence-electron chi connectivity index (χ4n) is 6.89. The van der Waals surface area contributed by atoms with Crippen molar-refractivity contribution in [3.63, 3.8) is 0 Å². The van der Waals surface area contributed by atoms with Crippen molar-refractivity contribution < 1.29 is 32.4 Å². The van der Waals surface area contributed by atoms with Gasteiger partial charge in [-0.3, -0.25) is 19.2 Å². The van der Waals surface area contributed by atoms with Gasteiger partial charge in [-0.05, 0) is 69.1 Å². The van der Waals surface area contributed by atoms with Gasteiger partial charge >= 0.3 is 6.03 Å². The highest BCUT2D eigenvalue weighted by molar-refractivity contribution is 7.92. The van der Waals surface area contributed by atoms with Gasteiger partial charge in [0.15, 0.2) is 9.84 Å². The van der Waals surface area contributed by atoms with Crippen LogP contribution in [-0.4, -0.2) is 90.1 Å². The molecule has 1 saturated heterocycles. The van der Waals surface area contributed by atoms with Crippen molar-refractivity contribution in [1.29, 1.82) is 0 Å². The molecule has 284 valence electrons. The maximum atomic E-state index is 14.6. The summed E-state index contributed by atoms with van der Waals surface area (Å²) in [6.07, 6.45) is 7.48. The van der Waals surface area contributed by atoms with Crippen LogP contribution in [-0.2, 0) is 29.0 Å². The molecule has 3 rings (SSSR count). The molecule has 0 radical (unpaired) electrons. The maximum Gasteiger partial charge on any atom is 0.315 e. The summed E-state index contributed by atoms with van der Waals surface area (Å²) in [5.41, 5.74) is -2.08. The van der Waals surface area contributed by atoms with E-state index in [1.54, 1.807) is 20.8 Å². The Kier molecular flexibility index (Phi) is 13.0. The molecule has 5 amide bonds. The number of Topliss-reactive ketones (excluding diaryl/α,β-unsaturated/α-hetero) is 1. The standard InChI is InChI=1S/C37H63N5O7S/c1-11-19-38-31(45)28(43)26(20-25-15-16-25)39-30(44)27-21-36(9,10)24(2)22-42(27)32(46)29(34(3,4)5)40-33(47)41-37(17-13-12-14-18-37)23-50(48,49)35(6,7)8/h11,24-27,29H,1,12-23H2,2-10H3,(H,38,45)(H,39,44)(H2,40,41,47)/t24?,26-,27-,29+/m0/s1. The molecular formula is C37H63N5O7S. The molecule has 1 aliphatic heterocycles. The van der Waals surface area contributed by atoms with Gasteiger partial charge in [-0.1, -0.05) is 79.7 Å². The average molecular weight is 722 g/mol. The van der Waals surface area contributed by atoms with Crippen LogP contribution in [0, 0.1) is 22.7 Å². The summed E-state index contributed by atoms with van der Waals surface area (Å²) in [5.74, 6) is -2.44. The fraction of sp³-hybridized carbons (Fsp3) is 0.811. The molecule has 1 unspecified atom stereocenters. The Labute approximate surface area is 300 Å². The van der Waals surface area contributed by atoms with Crippen molar-refractivity contribution in [2.24, 2.45) is 22.7 Å². The molecule has 4 N–H and O–H groups in total. The van der Waals surface area contributed by atoms with Gasteiger partial charge in [0.25, 0.3) is 5.91 Å². The largest absolute Gasteiger partial charge is 0.346 e. The van der Waals surface area contributed by atoms with Gasteiger partial charge in [0, 0.05) is 13.1 Å². The Morgan fingerprint density at radius 1 is 0.960 bits per heavy atom. The van der Waals surface area contributed by atoms with Crippen molar-refractivity contribution >= 4 is 39.4 Å². The van der Waals surface area contributed by atoms with E-state index in [2.05, 4.69) is 27.8 Å². The summed E-state index contributed by atoms with van der Waals surface area (Å²) in [6.45, 7) is 20.5. The zero-order valence-electron chi connectivity index (χ0n) is 31.9. The molecule has 3 aliphatic rings. The number of carbonyl (C=O) groups is 5. The van der Waals surface area contributed by atoms with Crippen molar-refractivity contribution in [3.05, 3.63) is 12.7 Å². The average Bonchev–Trinajstić information content (AvgIpc) is 3.81. The molecule has 50 heavy (non-hydrogen) atoms. The second-order valence-electron chi connectivity index (χ2n) is 17.8. The number of piperidine rings is 1. The van der Waals surface area contributed by atoms with Gasteiger partial charge in [-0.15, -0.1) is 6.58 Å². The van der Waals surface area contributed by atoms with Crippen LogP contribution in [0.25, 0.3) is 0 Å². The Morgan fingerprint density at radius 3 is 2.08 bits per heavy atom. The second kappa shape index (κ2) is 15.7. The van der Waals surface area contributed by atoms with Crippen LogP contribution in [0.15, 0.2) is 12.7 Å². The number of ketones is 1. The minimum atomic E-state index is -3.57. The van der Waals surface area contributed by atoms with Crippen LogP contribution in [0.2, 0.25) is 0 Å². The molecule has 2 saturated carbocycles. The highest BCUT2D eigenvalue weighted by atomic mass is 32.2. The lowest BCUT2D eigenvalue weighted by molar-refractivity contribution is -0.151. The van der Waals surface area contributed by atoms with Crippen molar-refractivity contribution in [1.82, 2.24) is 26.2 Å². The van der Waals surface area contributed by atoms with E-state index in [9.17, 15) is 32.4 Å². The number of hydrogen-bond acceptors (Lipinski definition) is 7. The first kappa shape index (κ1) is 41.5. The number of hydrogen-bond donors (Lipinski definition) is 4. The smallest absolute Gasteiger partial charge is 0.315 e. The quantitative estimate of drug-likeness (QED) is 0.164. The van der Waals surface area contributed by atoms with Crippen LogP contribution in [0.1, 0.15) is 120 Å². The Hall–Kier alpha value is -2.96. The third-order valence-corrected chi connectivity index (χ3v) is 13.8. The molecule has 3 fully saturated rings. The lowest BCUT2D eigenvalue weighted by Gasteiger charge is -2.49. The number of nitrogens with zero attached hydrogens (tertiary/aromatic N) is 1. The highest BCUT2D eigenvalue weighted by Gasteiger charge is 2.49. The lowest BCUT2D eigenvalue weighted by Crippen LogP contribution is -2.66. The predicted molar refractivity (Wildman–Crippen MR) is 195 cm³/mol. The topological polar surface area (TPSA) is 171 Å². The number of carbonyl (C=O) groups excluding carboxylic acids is 5. The minimum absolute atomic E-state index is 0.00614. The summed E-state index contributed by atoms with van der Waals surface area (Å²) in [6, 6.07) is -3.66. The number of sulfone groups is 1.